The number of hydrogen-bond donors (Lipinski definition) is 1. The first-order valence-electron chi connectivity index (χ1n) is 12.4. The van der Waals surface area contributed by atoms with Crippen molar-refractivity contribution >= 4 is 28.1 Å². The van der Waals surface area contributed by atoms with Crippen LogP contribution < -0.4 is 5.32 Å². The summed E-state index contributed by atoms with van der Waals surface area (Å²) >= 11 is 0. The summed E-state index contributed by atoms with van der Waals surface area (Å²) in [5.41, 5.74) is 7.23. The van der Waals surface area contributed by atoms with Crippen molar-refractivity contribution in [3.8, 4) is 0 Å². The van der Waals surface area contributed by atoms with E-state index in [1.165, 1.54) is 11.1 Å². The van der Waals surface area contributed by atoms with Gasteiger partial charge >= 0.3 is 0 Å². The Balaban J connectivity index is 1.29. The predicted molar refractivity (Wildman–Crippen MR) is 137 cm³/mol. The van der Waals surface area contributed by atoms with E-state index in [1.807, 2.05) is 23.9 Å². The minimum absolute atomic E-state index is 0.103. The van der Waals surface area contributed by atoms with Crippen LogP contribution in [0.15, 0.2) is 42.7 Å². The topological polar surface area (TPSA) is 59.4 Å². The van der Waals surface area contributed by atoms with Crippen LogP contribution >= 0.6 is 0 Å². The van der Waals surface area contributed by atoms with E-state index >= 15 is 0 Å². The Morgan fingerprint density at radius 3 is 2.76 bits per heavy atom. The van der Waals surface area contributed by atoms with Crippen molar-refractivity contribution in [2.24, 2.45) is 7.05 Å². The number of morpholine rings is 1. The van der Waals surface area contributed by atoms with Crippen LogP contribution in [0, 0.1) is 6.92 Å². The molecule has 3 aromatic rings. The monoisotopic (exact) mass is 458 g/mol. The second kappa shape index (κ2) is 9.72. The number of amides is 1. The maximum atomic E-state index is 13.1. The van der Waals surface area contributed by atoms with Gasteiger partial charge in [0.05, 0.1) is 36.4 Å². The zero-order chi connectivity index (χ0) is 23.7. The van der Waals surface area contributed by atoms with Crippen LogP contribution in [0.4, 0.5) is 5.69 Å². The maximum Gasteiger partial charge on any atom is 0.257 e. The van der Waals surface area contributed by atoms with E-state index in [0.29, 0.717) is 11.6 Å². The van der Waals surface area contributed by atoms with Crippen molar-refractivity contribution in [2.45, 2.75) is 45.6 Å². The van der Waals surface area contributed by atoms with Gasteiger partial charge in [0.2, 0.25) is 0 Å². The largest absolute Gasteiger partial charge is 0.379 e. The molecule has 34 heavy (non-hydrogen) atoms. The molecule has 6 nitrogen and oxygen atoms in total. The molecular weight excluding hydrogens is 424 g/mol. The Hall–Kier alpha value is -2.96. The van der Waals surface area contributed by atoms with Gasteiger partial charge in [0.15, 0.2) is 0 Å². The summed E-state index contributed by atoms with van der Waals surface area (Å²) in [4.78, 5) is 20.4. The highest BCUT2D eigenvalue weighted by atomic mass is 16.5. The van der Waals surface area contributed by atoms with E-state index in [1.54, 1.807) is 6.20 Å². The molecule has 0 spiro atoms. The second-order valence-corrected chi connectivity index (χ2v) is 9.51. The van der Waals surface area contributed by atoms with E-state index in [-0.39, 0.29) is 5.91 Å². The highest BCUT2D eigenvalue weighted by Gasteiger charge is 2.24. The summed E-state index contributed by atoms with van der Waals surface area (Å²) in [7, 11) is 1.99. The number of carbonyl (C=O) groups excluding carboxylic acids is 1. The minimum Gasteiger partial charge on any atom is -0.379 e. The molecule has 1 N–H and O–H groups in total. The van der Waals surface area contributed by atoms with Crippen molar-refractivity contribution in [2.75, 3.05) is 31.6 Å². The lowest BCUT2D eigenvalue weighted by atomic mass is 9.90. The molecule has 1 aliphatic heterocycles. The van der Waals surface area contributed by atoms with E-state index in [0.717, 1.165) is 79.8 Å². The van der Waals surface area contributed by atoms with Gasteiger partial charge < -0.3 is 14.6 Å². The van der Waals surface area contributed by atoms with Crippen LogP contribution in [0.25, 0.3) is 16.5 Å². The summed E-state index contributed by atoms with van der Waals surface area (Å²) in [6.45, 7) is 7.99. The van der Waals surface area contributed by atoms with Gasteiger partial charge in [-0.1, -0.05) is 25.1 Å². The Morgan fingerprint density at radius 2 is 2.06 bits per heavy atom. The van der Waals surface area contributed by atoms with Crippen molar-refractivity contribution in [3.05, 3.63) is 65.1 Å². The molecule has 5 rings (SSSR count). The number of ether oxygens (including phenoxy) is 1. The van der Waals surface area contributed by atoms with E-state index in [4.69, 9.17) is 9.72 Å². The first-order valence-corrected chi connectivity index (χ1v) is 12.4. The Kier molecular flexibility index (Phi) is 6.53. The van der Waals surface area contributed by atoms with Crippen LogP contribution in [0.2, 0.25) is 0 Å². The standard InChI is InChI=1S/C28H34N4O2/c1-4-20-5-10-24-25(18-31(3)26(24)16-20)28(33)30-22-15-19(2)27(29-17-22)21-6-8-23(9-7-21)32-11-13-34-14-12-32/h5-6,10,15-18,23H,4,7-9,11-14H2,1-3H3,(H,30,33). The highest BCUT2D eigenvalue weighted by molar-refractivity contribution is 6.13. The van der Waals surface area contributed by atoms with Crippen LogP contribution in [-0.2, 0) is 18.2 Å². The number of nitrogens with zero attached hydrogens (tertiary/aromatic N) is 3. The van der Waals surface area contributed by atoms with Crippen LogP contribution in [0.1, 0.15) is 53.4 Å². The fourth-order valence-corrected chi connectivity index (χ4v) is 5.32. The molecule has 1 unspecified atom stereocenters. The molecule has 6 heteroatoms. The van der Waals surface area contributed by atoms with Crippen molar-refractivity contribution in [1.29, 1.82) is 0 Å². The van der Waals surface area contributed by atoms with Gasteiger partial charge in [0, 0.05) is 43.3 Å². The molecule has 0 radical (unpaired) electrons. The number of aryl methyl sites for hydroxylation is 3. The third kappa shape index (κ3) is 4.52. The molecule has 178 valence electrons. The van der Waals surface area contributed by atoms with Crippen LogP contribution in [0.5, 0.6) is 0 Å². The molecule has 1 fully saturated rings. The number of aromatic nitrogens is 2. The first kappa shape index (κ1) is 22.8. The average molecular weight is 459 g/mol. The Bertz CT molecular complexity index is 1240. The van der Waals surface area contributed by atoms with Crippen molar-refractivity contribution in [3.63, 3.8) is 0 Å². The summed E-state index contributed by atoms with van der Waals surface area (Å²) in [5, 5.41) is 4.03. The number of anilines is 1. The lowest BCUT2D eigenvalue weighted by Gasteiger charge is -2.36. The van der Waals surface area contributed by atoms with Gasteiger partial charge in [0.25, 0.3) is 5.91 Å². The van der Waals surface area contributed by atoms with Crippen molar-refractivity contribution < 1.29 is 9.53 Å². The summed E-state index contributed by atoms with van der Waals surface area (Å²) in [6.07, 6.45) is 10.3. The predicted octanol–water partition coefficient (Wildman–Crippen LogP) is 4.96. The molecule has 1 atom stereocenters. The number of allylic oxidation sites excluding steroid dienone is 1. The van der Waals surface area contributed by atoms with E-state index < -0.39 is 0 Å². The minimum atomic E-state index is -0.103. The molecule has 1 amide bonds. The number of pyridine rings is 1. The zero-order valence-electron chi connectivity index (χ0n) is 20.4. The van der Waals surface area contributed by atoms with Crippen LogP contribution in [0.3, 0.4) is 0 Å². The fraction of sp³-hybridized carbons (Fsp3) is 0.429. The van der Waals surface area contributed by atoms with E-state index in [9.17, 15) is 4.79 Å². The average Bonchev–Trinajstić information content (AvgIpc) is 3.20. The molecule has 1 aromatic carbocycles. The number of benzene rings is 1. The smallest absolute Gasteiger partial charge is 0.257 e. The van der Waals surface area contributed by atoms with Crippen molar-refractivity contribution in [1.82, 2.24) is 14.5 Å². The van der Waals surface area contributed by atoms with Crippen LogP contribution in [-0.4, -0.2) is 52.7 Å². The summed E-state index contributed by atoms with van der Waals surface area (Å²) in [6, 6.07) is 8.96. The van der Waals surface area contributed by atoms with E-state index in [2.05, 4.69) is 48.3 Å². The second-order valence-electron chi connectivity index (χ2n) is 9.51. The molecule has 2 aromatic heterocycles. The zero-order valence-corrected chi connectivity index (χ0v) is 20.4. The number of rotatable bonds is 5. The van der Waals surface area contributed by atoms with Gasteiger partial charge in [-0.15, -0.1) is 0 Å². The van der Waals surface area contributed by atoms with Gasteiger partial charge in [-0.3, -0.25) is 14.7 Å². The number of hydrogen-bond acceptors (Lipinski definition) is 4. The van der Waals surface area contributed by atoms with Gasteiger partial charge in [-0.25, -0.2) is 0 Å². The molecule has 1 aliphatic carbocycles. The highest BCUT2D eigenvalue weighted by Crippen LogP contribution is 2.31. The fourth-order valence-electron chi connectivity index (χ4n) is 5.32. The Morgan fingerprint density at radius 1 is 1.24 bits per heavy atom. The van der Waals surface area contributed by atoms with Gasteiger partial charge in [-0.05, 0) is 61.4 Å². The molecule has 2 aliphatic rings. The first-order chi connectivity index (χ1) is 16.5. The lowest BCUT2D eigenvalue weighted by molar-refractivity contribution is 0.0150. The quantitative estimate of drug-likeness (QED) is 0.587. The molecule has 1 saturated heterocycles. The molecule has 3 heterocycles. The molecular formula is C28H34N4O2. The van der Waals surface area contributed by atoms with Gasteiger partial charge in [-0.2, -0.15) is 0 Å². The normalized spacial score (nSPS) is 19.3. The lowest BCUT2D eigenvalue weighted by Crippen LogP contribution is -2.43. The third-order valence-electron chi connectivity index (χ3n) is 7.29. The molecule has 0 saturated carbocycles. The van der Waals surface area contributed by atoms with Gasteiger partial charge in [0.1, 0.15) is 0 Å². The number of nitrogens with one attached hydrogen (secondary N) is 1. The number of fused-ring (bicyclic) bond motifs is 1. The molecule has 0 bridgehead atoms. The third-order valence-corrected chi connectivity index (χ3v) is 7.29. The maximum absolute atomic E-state index is 13.1. The Labute approximate surface area is 201 Å². The number of carbonyl (C=O) groups is 1. The summed E-state index contributed by atoms with van der Waals surface area (Å²) < 4.78 is 7.52. The SMILES string of the molecule is CCc1ccc2c(C(=O)Nc3cnc(C4=CCC(N5CCOCC5)CC4)c(C)c3)cn(C)c2c1. The summed E-state index contributed by atoms with van der Waals surface area (Å²) in [5.74, 6) is -0.103.